The lowest BCUT2D eigenvalue weighted by molar-refractivity contribution is -0.186. The van der Waals surface area contributed by atoms with E-state index in [9.17, 15) is 19.8 Å². The number of hydrogen-bond acceptors (Lipinski definition) is 5. The number of carbonyl (C=O) groups is 2. The van der Waals surface area contributed by atoms with E-state index < -0.39 is 23.7 Å². The molecule has 7 heteroatoms. The van der Waals surface area contributed by atoms with Crippen LogP contribution in [0.1, 0.15) is 65.4 Å². The van der Waals surface area contributed by atoms with E-state index in [0.29, 0.717) is 19.4 Å². The van der Waals surface area contributed by atoms with Crippen LogP contribution in [0.2, 0.25) is 0 Å². The van der Waals surface area contributed by atoms with Crippen LogP contribution in [-0.4, -0.2) is 47.1 Å². The number of amides is 2. The Morgan fingerprint density at radius 3 is 2.48 bits per heavy atom. The van der Waals surface area contributed by atoms with Gasteiger partial charge in [0, 0.05) is 24.4 Å². The van der Waals surface area contributed by atoms with Crippen LogP contribution in [0.15, 0.2) is 30.3 Å². The Kier molecular flexibility index (Phi) is 8.06. The predicted molar refractivity (Wildman–Crippen MR) is 126 cm³/mol. The molecule has 2 fully saturated rings. The number of aliphatic hydroxyl groups is 2. The van der Waals surface area contributed by atoms with Gasteiger partial charge in [-0.3, -0.25) is 4.79 Å². The first kappa shape index (κ1) is 25.5. The van der Waals surface area contributed by atoms with Crippen molar-refractivity contribution in [2.45, 2.75) is 84.6 Å². The standard InChI is InChI=1S/C26H40N2O5/c1-17(2)28-24(32)33-22-12-13-25(3)19(20(30)10-11-21(25)26(22,4)16-29)14-23(31)27-15-18-8-6-5-7-9-18/h5-9,17,19-22,29-30H,10-16H2,1-4H3,(H,27,31)(H,28,32)/t19-,20-,21+,22+,25-,26+/m1/s1. The average molecular weight is 461 g/mol. The lowest BCUT2D eigenvalue weighted by Gasteiger charge is -2.60. The van der Waals surface area contributed by atoms with Gasteiger partial charge in [0.2, 0.25) is 5.91 Å². The van der Waals surface area contributed by atoms with Crippen LogP contribution in [0.4, 0.5) is 4.79 Å². The Balaban J connectivity index is 1.73. The smallest absolute Gasteiger partial charge is 0.407 e. The number of rotatable bonds is 7. The second kappa shape index (κ2) is 10.4. The van der Waals surface area contributed by atoms with Crippen LogP contribution in [0.5, 0.6) is 0 Å². The quantitative estimate of drug-likeness (QED) is 0.499. The zero-order valence-corrected chi connectivity index (χ0v) is 20.3. The van der Waals surface area contributed by atoms with Gasteiger partial charge >= 0.3 is 6.09 Å². The molecule has 0 radical (unpaired) electrons. The summed E-state index contributed by atoms with van der Waals surface area (Å²) in [5.74, 6) is -0.274. The van der Waals surface area contributed by atoms with E-state index in [2.05, 4.69) is 17.6 Å². The summed E-state index contributed by atoms with van der Waals surface area (Å²) in [5.41, 5.74) is 0.0534. The lowest BCUT2D eigenvalue weighted by Crippen LogP contribution is -2.61. The third-order valence-electron chi connectivity index (χ3n) is 8.07. The molecule has 6 atom stereocenters. The van der Waals surface area contributed by atoms with Crippen molar-refractivity contribution in [3.63, 3.8) is 0 Å². The largest absolute Gasteiger partial charge is 0.446 e. The zero-order valence-electron chi connectivity index (χ0n) is 20.3. The number of nitrogens with one attached hydrogen (secondary N) is 2. The first-order valence-corrected chi connectivity index (χ1v) is 12.2. The van der Waals surface area contributed by atoms with Gasteiger partial charge in [-0.1, -0.05) is 44.2 Å². The SMILES string of the molecule is CC(C)NC(=O)O[C@H]1CC[C@@]2(C)[C@H](CC[C@@H](O)[C@H]2CC(=O)NCc2ccccc2)[C@]1(C)CO. The van der Waals surface area contributed by atoms with Crippen molar-refractivity contribution in [1.82, 2.24) is 10.6 Å². The van der Waals surface area contributed by atoms with Crippen molar-refractivity contribution in [3.8, 4) is 0 Å². The van der Waals surface area contributed by atoms with Gasteiger partial charge in [-0.15, -0.1) is 0 Å². The summed E-state index contributed by atoms with van der Waals surface area (Å²) in [6.45, 7) is 8.20. The number of aliphatic hydroxyl groups excluding tert-OH is 2. The first-order valence-electron chi connectivity index (χ1n) is 12.2. The van der Waals surface area contributed by atoms with Crippen molar-refractivity contribution < 1.29 is 24.5 Å². The van der Waals surface area contributed by atoms with E-state index in [-0.39, 0.29) is 42.2 Å². The molecule has 1 aromatic rings. The zero-order chi connectivity index (χ0) is 24.2. The summed E-state index contributed by atoms with van der Waals surface area (Å²) in [5, 5.41) is 27.1. The number of alkyl carbamates (subject to hydrolysis) is 1. The highest BCUT2D eigenvalue weighted by molar-refractivity contribution is 5.76. The van der Waals surface area contributed by atoms with Crippen molar-refractivity contribution in [3.05, 3.63) is 35.9 Å². The third-order valence-corrected chi connectivity index (χ3v) is 8.07. The monoisotopic (exact) mass is 460 g/mol. The Bertz CT molecular complexity index is 816. The molecule has 2 amide bonds. The number of benzene rings is 1. The van der Waals surface area contributed by atoms with Gasteiger partial charge in [-0.2, -0.15) is 0 Å². The fourth-order valence-corrected chi connectivity index (χ4v) is 6.25. The average Bonchev–Trinajstić information content (AvgIpc) is 2.77. The lowest BCUT2D eigenvalue weighted by atomic mass is 9.46. The molecule has 0 spiro atoms. The molecule has 7 nitrogen and oxygen atoms in total. The first-order chi connectivity index (χ1) is 15.6. The Morgan fingerprint density at radius 1 is 1.15 bits per heavy atom. The van der Waals surface area contributed by atoms with Gasteiger partial charge in [0.1, 0.15) is 6.10 Å². The van der Waals surface area contributed by atoms with Crippen LogP contribution in [0.3, 0.4) is 0 Å². The van der Waals surface area contributed by atoms with Crippen molar-refractivity contribution >= 4 is 12.0 Å². The van der Waals surface area contributed by atoms with Gasteiger partial charge in [-0.05, 0) is 62.3 Å². The molecule has 0 bridgehead atoms. The van der Waals surface area contributed by atoms with Crippen LogP contribution >= 0.6 is 0 Å². The molecule has 1 aromatic carbocycles. The normalized spacial score (nSPS) is 33.8. The third kappa shape index (κ3) is 5.52. The molecular formula is C26H40N2O5. The van der Waals surface area contributed by atoms with Crippen molar-refractivity contribution in [1.29, 1.82) is 0 Å². The minimum absolute atomic E-state index is 0.0240. The summed E-state index contributed by atoms with van der Waals surface area (Å²) in [6, 6.07) is 9.73. The van der Waals surface area contributed by atoms with Crippen molar-refractivity contribution in [2.24, 2.45) is 22.7 Å². The highest BCUT2D eigenvalue weighted by Gasteiger charge is 2.60. The summed E-state index contributed by atoms with van der Waals surface area (Å²) in [7, 11) is 0. The highest BCUT2D eigenvalue weighted by Crippen LogP contribution is 2.61. The van der Waals surface area contributed by atoms with Gasteiger partial charge in [0.05, 0.1) is 12.7 Å². The number of carbonyl (C=O) groups excluding carboxylic acids is 2. The van der Waals surface area contributed by atoms with E-state index in [0.717, 1.165) is 18.4 Å². The molecule has 184 valence electrons. The van der Waals surface area contributed by atoms with Crippen LogP contribution in [-0.2, 0) is 16.1 Å². The van der Waals surface area contributed by atoms with Crippen LogP contribution in [0, 0.1) is 22.7 Å². The number of hydrogen-bond donors (Lipinski definition) is 4. The molecule has 0 aromatic heterocycles. The molecule has 4 N–H and O–H groups in total. The number of fused-ring (bicyclic) bond motifs is 1. The van der Waals surface area contributed by atoms with Gasteiger partial charge in [0.25, 0.3) is 0 Å². The summed E-state index contributed by atoms with van der Waals surface area (Å²) in [6.07, 6.45) is 1.39. The topological polar surface area (TPSA) is 108 Å². The van der Waals surface area contributed by atoms with Gasteiger partial charge in [0.15, 0.2) is 0 Å². The van der Waals surface area contributed by atoms with E-state index >= 15 is 0 Å². The summed E-state index contributed by atoms with van der Waals surface area (Å²) in [4.78, 5) is 25.1. The molecule has 0 unspecified atom stereocenters. The molecule has 0 saturated heterocycles. The summed E-state index contributed by atoms with van der Waals surface area (Å²) >= 11 is 0. The molecule has 2 saturated carbocycles. The fraction of sp³-hybridized carbons (Fsp3) is 0.692. The molecule has 0 aliphatic heterocycles. The molecule has 33 heavy (non-hydrogen) atoms. The van der Waals surface area contributed by atoms with Crippen LogP contribution in [0.25, 0.3) is 0 Å². The molecule has 3 rings (SSSR count). The minimum atomic E-state index is -0.639. The Morgan fingerprint density at radius 2 is 1.85 bits per heavy atom. The van der Waals surface area contributed by atoms with E-state index in [1.54, 1.807) is 0 Å². The fourth-order valence-electron chi connectivity index (χ4n) is 6.25. The van der Waals surface area contributed by atoms with Gasteiger partial charge in [-0.25, -0.2) is 4.79 Å². The van der Waals surface area contributed by atoms with Gasteiger partial charge < -0.3 is 25.6 Å². The minimum Gasteiger partial charge on any atom is -0.446 e. The molecular weight excluding hydrogens is 420 g/mol. The molecule has 0 heterocycles. The predicted octanol–water partition coefficient (Wildman–Crippen LogP) is 3.38. The maximum atomic E-state index is 12.8. The van der Waals surface area contributed by atoms with Crippen LogP contribution < -0.4 is 10.6 Å². The van der Waals surface area contributed by atoms with E-state index in [4.69, 9.17) is 4.74 Å². The maximum absolute atomic E-state index is 12.8. The second-order valence-corrected chi connectivity index (χ2v) is 10.7. The number of ether oxygens (including phenoxy) is 1. The summed E-state index contributed by atoms with van der Waals surface area (Å²) < 4.78 is 5.78. The molecule has 2 aliphatic rings. The second-order valence-electron chi connectivity index (χ2n) is 10.7. The van der Waals surface area contributed by atoms with E-state index in [1.807, 2.05) is 51.1 Å². The van der Waals surface area contributed by atoms with E-state index in [1.165, 1.54) is 0 Å². The maximum Gasteiger partial charge on any atom is 0.407 e. The molecule has 2 aliphatic carbocycles. The highest BCUT2D eigenvalue weighted by atomic mass is 16.6. The van der Waals surface area contributed by atoms with Crippen molar-refractivity contribution in [2.75, 3.05) is 6.61 Å². The Labute approximate surface area is 197 Å². The Hall–Kier alpha value is -2.12.